The van der Waals surface area contributed by atoms with Gasteiger partial charge in [-0.25, -0.2) is 4.98 Å². The van der Waals surface area contributed by atoms with Crippen molar-refractivity contribution in [2.75, 3.05) is 55.8 Å². The second-order valence-corrected chi connectivity index (χ2v) is 9.47. The van der Waals surface area contributed by atoms with Gasteiger partial charge in [0.05, 0.1) is 17.6 Å². The van der Waals surface area contributed by atoms with E-state index in [1.54, 1.807) is 0 Å². The second-order valence-electron chi connectivity index (χ2n) is 8.40. The third-order valence-electron chi connectivity index (χ3n) is 6.43. The molecule has 2 aromatic rings. The number of carbonyl (C=O) groups excluding carboxylic acids is 1. The van der Waals surface area contributed by atoms with E-state index in [9.17, 15) is 4.79 Å². The molecule has 1 N–H and O–H groups in total. The average molecular weight is 427 g/mol. The highest BCUT2D eigenvalue weighted by atomic mass is 32.2. The molecule has 3 aliphatic rings. The van der Waals surface area contributed by atoms with Crippen LogP contribution in [0.5, 0.6) is 0 Å². The Labute approximate surface area is 182 Å². The Hall–Kier alpha value is -2.03. The summed E-state index contributed by atoms with van der Waals surface area (Å²) in [6.45, 7) is 7.80. The number of piperazine rings is 1. The van der Waals surface area contributed by atoms with E-state index in [1.165, 1.54) is 0 Å². The number of para-hydroxylation sites is 1. The van der Waals surface area contributed by atoms with Crippen LogP contribution in [0.1, 0.15) is 12.1 Å². The van der Waals surface area contributed by atoms with Crippen LogP contribution in [0, 0.1) is 6.92 Å². The van der Waals surface area contributed by atoms with Gasteiger partial charge in [0, 0.05) is 62.9 Å². The first-order valence-electron chi connectivity index (χ1n) is 10.9. The number of rotatable bonds is 4. The topological polar surface area (TPSA) is 56.6 Å². The summed E-state index contributed by atoms with van der Waals surface area (Å²) in [6, 6.07) is 10.9. The predicted octanol–water partition coefficient (Wildman–Crippen LogP) is 1.57. The molecule has 30 heavy (non-hydrogen) atoms. The van der Waals surface area contributed by atoms with Gasteiger partial charge in [-0.15, -0.1) is 11.8 Å². The fourth-order valence-corrected chi connectivity index (χ4v) is 5.72. The molecule has 1 aromatic heterocycles. The summed E-state index contributed by atoms with van der Waals surface area (Å²) >= 11 is 1.85. The van der Waals surface area contributed by atoms with E-state index in [4.69, 9.17) is 4.98 Å². The summed E-state index contributed by atoms with van der Waals surface area (Å²) < 4.78 is 2.20. The van der Waals surface area contributed by atoms with Gasteiger partial charge in [-0.1, -0.05) is 18.2 Å². The minimum atomic E-state index is -0.00800. The highest BCUT2D eigenvalue weighted by Gasteiger charge is 2.37. The van der Waals surface area contributed by atoms with Crippen molar-refractivity contribution < 1.29 is 4.79 Å². The Bertz CT molecular complexity index is 873. The number of hydrogen-bond acceptors (Lipinski definition) is 6. The van der Waals surface area contributed by atoms with Crippen LogP contribution in [-0.2, 0) is 4.79 Å². The molecular weight excluding hydrogens is 396 g/mol. The normalized spacial score (nSPS) is 25.2. The standard InChI is InChI=1S/C22H30N6OS/c1-17-15-28(18-5-3-2-4-6-18)22(24-17)26-9-7-25(8-10-26)19-13-20(23-14-19)21(29)27-11-12-30-16-27/h2-6,15,19-20,23H,7-14,16H2,1H3/t19-,20-/m0/s1. The van der Waals surface area contributed by atoms with Gasteiger partial charge in [0.1, 0.15) is 0 Å². The number of amides is 1. The number of carbonyl (C=O) groups is 1. The van der Waals surface area contributed by atoms with E-state index in [-0.39, 0.29) is 6.04 Å². The lowest BCUT2D eigenvalue weighted by Gasteiger charge is -2.38. The van der Waals surface area contributed by atoms with Crippen molar-refractivity contribution in [1.82, 2.24) is 24.7 Å². The fourth-order valence-electron chi connectivity index (χ4n) is 4.77. The van der Waals surface area contributed by atoms with Crippen LogP contribution < -0.4 is 10.2 Å². The molecule has 0 bridgehead atoms. The van der Waals surface area contributed by atoms with Crippen molar-refractivity contribution in [1.29, 1.82) is 0 Å². The quantitative estimate of drug-likeness (QED) is 0.801. The van der Waals surface area contributed by atoms with E-state index in [0.29, 0.717) is 11.9 Å². The van der Waals surface area contributed by atoms with Crippen LogP contribution in [0.3, 0.4) is 0 Å². The molecule has 4 heterocycles. The van der Waals surface area contributed by atoms with Gasteiger partial charge in [-0.05, 0) is 25.5 Å². The first-order chi connectivity index (χ1) is 14.7. The number of imidazole rings is 1. The van der Waals surface area contributed by atoms with E-state index < -0.39 is 0 Å². The molecule has 160 valence electrons. The molecule has 0 saturated carbocycles. The smallest absolute Gasteiger partial charge is 0.240 e. The van der Waals surface area contributed by atoms with Crippen molar-refractivity contribution in [3.8, 4) is 5.69 Å². The molecule has 0 spiro atoms. The van der Waals surface area contributed by atoms with E-state index >= 15 is 0 Å². The lowest BCUT2D eigenvalue weighted by atomic mass is 10.1. The zero-order valence-electron chi connectivity index (χ0n) is 17.5. The summed E-state index contributed by atoms with van der Waals surface area (Å²) in [6.07, 6.45) is 3.04. The van der Waals surface area contributed by atoms with Gasteiger partial charge in [0.15, 0.2) is 0 Å². The van der Waals surface area contributed by atoms with E-state index in [1.807, 2.05) is 22.7 Å². The van der Waals surface area contributed by atoms with Gasteiger partial charge in [-0.2, -0.15) is 0 Å². The van der Waals surface area contributed by atoms with Crippen molar-refractivity contribution in [3.63, 3.8) is 0 Å². The highest BCUT2D eigenvalue weighted by molar-refractivity contribution is 7.99. The van der Waals surface area contributed by atoms with Gasteiger partial charge in [0.2, 0.25) is 11.9 Å². The number of hydrogen-bond donors (Lipinski definition) is 1. The molecule has 8 heteroatoms. The number of nitrogens with one attached hydrogen (secondary N) is 1. The summed E-state index contributed by atoms with van der Waals surface area (Å²) in [7, 11) is 0. The number of thioether (sulfide) groups is 1. The first kappa shape index (κ1) is 19.9. The molecule has 3 aliphatic heterocycles. The van der Waals surface area contributed by atoms with Crippen LogP contribution in [0.25, 0.3) is 5.69 Å². The van der Waals surface area contributed by atoms with Crippen molar-refractivity contribution in [2.45, 2.75) is 25.4 Å². The van der Waals surface area contributed by atoms with Gasteiger partial charge in [-0.3, -0.25) is 14.3 Å². The Morgan fingerprint density at radius 3 is 2.67 bits per heavy atom. The third kappa shape index (κ3) is 3.96. The molecule has 5 rings (SSSR count). The van der Waals surface area contributed by atoms with Crippen LogP contribution in [0.2, 0.25) is 0 Å². The molecule has 3 saturated heterocycles. The molecule has 1 aromatic carbocycles. The Morgan fingerprint density at radius 1 is 1.13 bits per heavy atom. The van der Waals surface area contributed by atoms with Gasteiger partial charge >= 0.3 is 0 Å². The predicted molar refractivity (Wildman–Crippen MR) is 121 cm³/mol. The number of nitrogens with zero attached hydrogens (tertiary/aromatic N) is 5. The number of aromatic nitrogens is 2. The Morgan fingerprint density at radius 2 is 1.93 bits per heavy atom. The largest absolute Gasteiger partial charge is 0.339 e. The minimum Gasteiger partial charge on any atom is -0.339 e. The second kappa shape index (κ2) is 8.61. The first-order valence-corrected chi connectivity index (χ1v) is 12.0. The molecule has 2 atom stereocenters. The van der Waals surface area contributed by atoms with Crippen molar-refractivity contribution in [2.24, 2.45) is 0 Å². The molecule has 0 radical (unpaired) electrons. The number of aryl methyl sites for hydroxylation is 1. The monoisotopic (exact) mass is 426 g/mol. The maximum atomic E-state index is 12.7. The zero-order chi connectivity index (χ0) is 20.5. The van der Waals surface area contributed by atoms with Crippen LogP contribution in [0.4, 0.5) is 5.95 Å². The lowest BCUT2D eigenvalue weighted by Crippen LogP contribution is -2.51. The van der Waals surface area contributed by atoms with Gasteiger partial charge in [0.25, 0.3) is 0 Å². The lowest BCUT2D eigenvalue weighted by molar-refractivity contribution is -0.131. The molecule has 0 unspecified atom stereocenters. The number of anilines is 1. The molecular formula is C22H30N6OS. The molecule has 0 aliphatic carbocycles. The highest BCUT2D eigenvalue weighted by Crippen LogP contribution is 2.24. The van der Waals surface area contributed by atoms with Gasteiger partial charge < -0.3 is 15.1 Å². The minimum absolute atomic E-state index is 0.00800. The third-order valence-corrected chi connectivity index (χ3v) is 7.39. The van der Waals surface area contributed by atoms with Crippen molar-refractivity contribution in [3.05, 3.63) is 42.2 Å². The van der Waals surface area contributed by atoms with Crippen LogP contribution in [0.15, 0.2) is 36.5 Å². The summed E-state index contributed by atoms with van der Waals surface area (Å²) in [4.78, 5) is 24.5. The van der Waals surface area contributed by atoms with Crippen LogP contribution in [-0.4, -0.2) is 88.2 Å². The SMILES string of the molecule is Cc1cn(-c2ccccc2)c(N2CCN([C@@H]3CN[C@H](C(=O)N4CCSC4)C3)CC2)n1. The average Bonchev–Trinajstić information content (AvgIpc) is 3.55. The molecule has 3 fully saturated rings. The fraction of sp³-hybridized carbons (Fsp3) is 0.545. The van der Waals surface area contributed by atoms with Crippen molar-refractivity contribution >= 4 is 23.6 Å². The number of benzene rings is 1. The Balaban J connectivity index is 1.20. The van der Waals surface area contributed by atoms with E-state index in [2.05, 4.69) is 57.1 Å². The Kier molecular flexibility index (Phi) is 5.71. The molecule has 7 nitrogen and oxygen atoms in total. The maximum Gasteiger partial charge on any atom is 0.240 e. The summed E-state index contributed by atoms with van der Waals surface area (Å²) in [5.74, 6) is 3.25. The summed E-state index contributed by atoms with van der Waals surface area (Å²) in [5.41, 5.74) is 2.19. The van der Waals surface area contributed by atoms with Crippen LogP contribution >= 0.6 is 11.8 Å². The zero-order valence-corrected chi connectivity index (χ0v) is 18.4. The van der Waals surface area contributed by atoms with E-state index in [0.717, 1.165) is 74.6 Å². The maximum absolute atomic E-state index is 12.7. The summed E-state index contributed by atoms with van der Waals surface area (Å²) in [5, 5.41) is 3.49. The molecule has 1 amide bonds.